The van der Waals surface area contributed by atoms with E-state index in [1.807, 2.05) is 18.3 Å². The van der Waals surface area contributed by atoms with Crippen molar-refractivity contribution >= 4 is 5.82 Å². The molecule has 1 saturated heterocycles. The molecule has 2 heterocycles. The van der Waals surface area contributed by atoms with Gasteiger partial charge in [-0.15, -0.1) is 0 Å². The Morgan fingerprint density at radius 3 is 2.50 bits per heavy atom. The highest BCUT2D eigenvalue weighted by atomic mass is 15.3. The Balaban J connectivity index is 1.73. The molecule has 1 aliphatic rings. The van der Waals surface area contributed by atoms with Gasteiger partial charge >= 0.3 is 0 Å². The third kappa shape index (κ3) is 3.14. The average molecular weight is 268 g/mol. The lowest BCUT2D eigenvalue weighted by molar-refractivity contribution is 0.312. The third-order valence-corrected chi connectivity index (χ3v) is 3.72. The molecule has 1 aromatic heterocycles. The van der Waals surface area contributed by atoms with Gasteiger partial charge in [0.25, 0.3) is 0 Å². The second kappa shape index (κ2) is 6.01. The Bertz CT molecular complexity index is 547. The predicted molar refractivity (Wildman–Crippen MR) is 81.0 cm³/mol. The van der Waals surface area contributed by atoms with E-state index >= 15 is 0 Å². The van der Waals surface area contributed by atoms with Gasteiger partial charge in [-0.25, -0.2) is 9.97 Å². The van der Waals surface area contributed by atoms with Gasteiger partial charge in [-0.1, -0.05) is 30.3 Å². The molecule has 0 unspecified atom stereocenters. The molecule has 0 aliphatic carbocycles. The quantitative estimate of drug-likeness (QED) is 0.850. The predicted octanol–water partition coefficient (Wildman–Crippen LogP) is 1.82. The molecule has 4 heteroatoms. The molecule has 0 bridgehead atoms. The van der Waals surface area contributed by atoms with E-state index in [4.69, 9.17) is 4.98 Å². The molecule has 3 rings (SSSR count). The van der Waals surface area contributed by atoms with Crippen molar-refractivity contribution < 1.29 is 0 Å². The molecular weight excluding hydrogens is 248 g/mol. The fraction of sp³-hybridized carbons (Fsp3) is 0.375. The molecule has 0 radical (unpaired) electrons. The second-order valence-corrected chi connectivity index (χ2v) is 5.28. The molecule has 0 saturated carbocycles. The summed E-state index contributed by atoms with van der Waals surface area (Å²) in [7, 11) is 2.16. The van der Waals surface area contributed by atoms with Crippen LogP contribution < -0.4 is 4.90 Å². The first-order chi connectivity index (χ1) is 9.81. The number of hydrogen-bond acceptors (Lipinski definition) is 4. The lowest BCUT2D eigenvalue weighted by atomic mass is 10.1. The van der Waals surface area contributed by atoms with Gasteiger partial charge in [-0.3, -0.25) is 0 Å². The smallest absolute Gasteiger partial charge is 0.135 e. The van der Waals surface area contributed by atoms with Crippen LogP contribution in [0.1, 0.15) is 11.4 Å². The third-order valence-electron chi connectivity index (χ3n) is 3.72. The first kappa shape index (κ1) is 13.1. The van der Waals surface area contributed by atoms with Crippen LogP contribution in [0.4, 0.5) is 5.82 Å². The van der Waals surface area contributed by atoms with E-state index in [1.54, 1.807) is 0 Å². The number of piperazine rings is 1. The Kier molecular flexibility index (Phi) is 3.92. The lowest BCUT2D eigenvalue weighted by Crippen LogP contribution is -2.44. The molecule has 104 valence electrons. The van der Waals surface area contributed by atoms with Crippen LogP contribution in [0.15, 0.2) is 42.6 Å². The number of benzene rings is 1. The van der Waals surface area contributed by atoms with Crippen LogP contribution in [0.3, 0.4) is 0 Å². The van der Waals surface area contributed by atoms with E-state index in [0.717, 1.165) is 44.2 Å². The summed E-state index contributed by atoms with van der Waals surface area (Å²) in [4.78, 5) is 13.8. The maximum absolute atomic E-state index is 4.71. The van der Waals surface area contributed by atoms with Crippen molar-refractivity contribution in [3.05, 3.63) is 54.0 Å². The summed E-state index contributed by atoms with van der Waals surface area (Å²) in [6.45, 7) is 4.27. The minimum absolute atomic E-state index is 0.794. The number of nitrogens with zero attached hydrogens (tertiary/aromatic N) is 4. The number of anilines is 1. The van der Waals surface area contributed by atoms with Gasteiger partial charge in [0.1, 0.15) is 11.6 Å². The van der Waals surface area contributed by atoms with E-state index in [9.17, 15) is 0 Å². The van der Waals surface area contributed by atoms with E-state index in [-0.39, 0.29) is 0 Å². The zero-order valence-corrected chi connectivity index (χ0v) is 11.9. The molecule has 1 aliphatic heterocycles. The number of likely N-dealkylation sites (N-methyl/N-ethyl adjacent to an activating group) is 1. The van der Waals surface area contributed by atoms with E-state index < -0.39 is 0 Å². The highest BCUT2D eigenvalue weighted by Crippen LogP contribution is 2.14. The summed E-state index contributed by atoms with van der Waals surface area (Å²) < 4.78 is 0. The summed E-state index contributed by atoms with van der Waals surface area (Å²) in [5, 5.41) is 0. The maximum atomic E-state index is 4.71. The van der Waals surface area contributed by atoms with Crippen molar-refractivity contribution in [3.8, 4) is 0 Å². The van der Waals surface area contributed by atoms with Crippen molar-refractivity contribution in [2.24, 2.45) is 0 Å². The Morgan fingerprint density at radius 1 is 1.00 bits per heavy atom. The molecule has 0 N–H and O–H groups in total. The molecule has 2 aromatic rings. The second-order valence-electron chi connectivity index (χ2n) is 5.28. The van der Waals surface area contributed by atoms with Crippen molar-refractivity contribution in [1.29, 1.82) is 0 Å². The van der Waals surface area contributed by atoms with Crippen LogP contribution in [0.5, 0.6) is 0 Å². The summed E-state index contributed by atoms with van der Waals surface area (Å²) in [5.74, 6) is 1.95. The first-order valence-corrected chi connectivity index (χ1v) is 7.10. The fourth-order valence-corrected chi connectivity index (χ4v) is 2.46. The summed E-state index contributed by atoms with van der Waals surface area (Å²) in [6, 6.07) is 12.4. The van der Waals surface area contributed by atoms with Gasteiger partial charge in [-0.2, -0.15) is 0 Å². The zero-order chi connectivity index (χ0) is 13.8. The van der Waals surface area contributed by atoms with E-state index in [1.165, 1.54) is 5.56 Å². The topological polar surface area (TPSA) is 32.3 Å². The molecule has 0 spiro atoms. The number of hydrogen-bond donors (Lipinski definition) is 0. The minimum atomic E-state index is 0.794. The standard InChI is InChI=1S/C16H20N4/c1-19-9-11-20(12-10-19)16-7-8-17-15(18-16)13-14-5-3-2-4-6-14/h2-8H,9-13H2,1H3. The molecule has 0 amide bonds. The van der Waals surface area contributed by atoms with Gasteiger partial charge in [0.05, 0.1) is 0 Å². The molecule has 1 fully saturated rings. The van der Waals surface area contributed by atoms with Crippen molar-refractivity contribution in [2.45, 2.75) is 6.42 Å². The number of rotatable bonds is 3. The zero-order valence-electron chi connectivity index (χ0n) is 11.9. The van der Waals surface area contributed by atoms with Crippen molar-refractivity contribution in [3.63, 3.8) is 0 Å². The summed E-state index contributed by atoms with van der Waals surface area (Å²) in [6.07, 6.45) is 2.67. The van der Waals surface area contributed by atoms with Gasteiger partial charge in [0.2, 0.25) is 0 Å². The van der Waals surface area contributed by atoms with Crippen molar-refractivity contribution in [1.82, 2.24) is 14.9 Å². The molecule has 20 heavy (non-hydrogen) atoms. The highest BCUT2D eigenvalue weighted by Gasteiger charge is 2.15. The Labute approximate surface area is 120 Å². The average Bonchev–Trinajstić information content (AvgIpc) is 2.49. The first-order valence-electron chi connectivity index (χ1n) is 7.10. The SMILES string of the molecule is CN1CCN(c2ccnc(Cc3ccccc3)n2)CC1. The molecule has 4 nitrogen and oxygen atoms in total. The van der Waals surface area contributed by atoms with Crippen LogP contribution in [-0.2, 0) is 6.42 Å². The Morgan fingerprint density at radius 2 is 1.75 bits per heavy atom. The molecular formula is C16H20N4. The minimum Gasteiger partial charge on any atom is -0.354 e. The summed E-state index contributed by atoms with van der Waals surface area (Å²) in [5.41, 5.74) is 1.25. The van der Waals surface area contributed by atoms with Crippen molar-refractivity contribution in [2.75, 3.05) is 38.1 Å². The monoisotopic (exact) mass is 268 g/mol. The van der Waals surface area contributed by atoms with Gasteiger partial charge in [0, 0.05) is 38.8 Å². The highest BCUT2D eigenvalue weighted by molar-refractivity contribution is 5.38. The lowest BCUT2D eigenvalue weighted by Gasteiger charge is -2.33. The van der Waals surface area contributed by atoms with Crippen LogP contribution in [0, 0.1) is 0 Å². The maximum Gasteiger partial charge on any atom is 0.135 e. The normalized spacial score (nSPS) is 16.4. The summed E-state index contributed by atoms with van der Waals surface area (Å²) >= 11 is 0. The van der Waals surface area contributed by atoms with Gasteiger partial charge in [-0.05, 0) is 18.7 Å². The van der Waals surface area contributed by atoms with Crippen LogP contribution in [-0.4, -0.2) is 48.1 Å². The Hall–Kier alpha value is -1.94. The van der Waals surface area contributed by atoms with Gasteiger partial charge < -0.3 is 9.80 Å². The van der Waals surface area contributed by atoms with Crippen LogP contribution >= 0.6 is 0 Å². The van der Waals surface area contributed by atoms with E-state index in [0.29, 0.717) is 0 Å². The largest absolute Gasteiger partial charge is 0.354 e. The fourth-order valence-electron chi connectivity index (χ4n) is 2.46. The van der Waals surface area contributed by atoms with Gasteiger partial charge in [0.15, 0.2) is 0 Å². The molecule has 0 atom stereocenters. The van der Waals surface area contributed by atoms with Crippen LogP contribution in [0.25, 0.3) is 0 Å². The molecule has 1 aromatic carbocycles. The number of aromatic nitrogens is 2. The van der Waals surface area contributed by atoms with Crippen LogP contribution in [0.2, 0.25) is 0 Å². The van der Waals surface area contributed by atoms with E-state index in [2.05, 4.69) is 46.1 Å².